The maximum absolute atomic E-state index is 13.9. The van der Waals surface area contributed by atoms with Crippen LogP contribution in [0.1, 0.15) is 49.4 Å². The smallest absolute Gasteiger partial charge is 0.219 e. The molecule has 3 nitrogen and oxygen atoms in total. The summed E-state index contributed by atoms with van der Waals surface area (Å²) in [5.74, 6) is 0.438. The van der Waals surface area contributed by atoms with Crippen LogP contribution in [0.5, 0.6) is 0 Å². The zero-order valence-corrected chi connectivity index (χ0v) is 17.6. The maximum atomic E-state index is 13.9. The quantitative estimate of drug-likeness (QED) is 0.722. The van der Waals surface area contributed by atoms with Gasteiger partial charge in [0.2, 0.25) is 5.91 Å². The van der Waals surface area contributed by atoms with Crippen LogP contribution in [0.3, 0.4) is 0 Å². The number of benzene rings is 2. The van der Waals surface area contributed by atoms with Crippen molar-refractivity contribution in [2.75, 3.05) is 26.2 Å². The molecule has 2 aliphatic rings. The van der Waals surface area contributed by atoms with Gasteiger partial charge in [0.15, 0.2) is 0 Å². The highest BCUT2D eigenvalue weighted by Gasteiger charge is 2.31. The molecule has 0 N–H and O–H groups in total. The van der Waals surface area contributed by atoms with Crippen molar-refractivity contribution in [1.82, 2.24) is 9.80 Å². The number of hydrogen-bond acceptors (Lipinski definition) is 3. The Hall–Kier alpha value is -1.85. The van der Waals surface area contributed by atoms with E-state index in [1.165, 1.54) is 21.6 Å². The summed E-state index contributed by atoms with van der Waals surface area (Å²) in [6, 6.07) is 12.2. The van der Waals surface area contributed by atoms with Gasteiger partial charge in [0, 0.05) is 48.9 Å². The van der Waals surface area contributed by atoms with Gasteiger partial charge >= 0.3 is 0 Å². The van der Waals surface area contributed by atoms with E-state index in [-0.39, 0.29) is 17.8 Å². The molecule has 28 heavy (non-hydrogen) atoms. The molecule has 0 spiro atoms. The second-order valence-corrected chi connectivity index (χ2v) is 9.15. The molecule has 2 aliphatic heterocycles. The normalized spacial score (nSPS) is 19.9. The lowest BCUT2D eigenvalue weighted by atomic mass is 9.93. The van der Waals surface area contributed by atoms with Crippen LogP contribution >= 0.6 is 11.8 Å². The molecule has 0 aromatic heterocycles. The summed E-state index contributed by atoms with van der Waals surface area (Å²) in [6.45, 7) is 9.37. The van der Waals surface area contributed by atoms with Crippen molar-refractivity contribution in [3.8, 4) is 0 Å². The summed E-state index contributed by atoms with van der Waals surface area (Å²) < 4.78 is 13.9. The SMILES string of the molecule is CC(=O)N1CCN(C2Cc3ccc(F)cc3Sc3ccc(C(C)C)cc32)CC1. The molecule has 2 heterocycles. The second kappa shape index (κ2) is 7.88. The molecule has 148 valence electrons. The molecule has 1 atom stereocenters. The number of halogens is 1. The van der Waals surface area contributed by atoms with Crippen molar-refractivity contribution in [2.45, 2.75) is 48.9 Å². The van der Waals surface area contributed by atoms with Crippen molar-refractivity contribution in [1.29, 1.82) is 0 Å². The number of nitrogens with zero attached hydrogens (tertiary/aromatic N) is 2. The van der Waals surface area contributed by atoms with E-state index in [4.69, 9.17) is 0 Å². The zero-order valence-electron chi connectivity index (χ0n) is 16.7. The minimum absolute atomic E-state index is 0.152. The summed E-state index contributed by atoms with van der Waals surface area (Å²) in [5.41, 5.74) is 3.88. The fraction of sp³-hybridized carbons (Fsp3) is 0.435. The van der Waals surface area contributed by atoms with Crippen molar-refractivity contribution in [2.24, 2.45) is 0 Å². The number of rotatable bonds is 2. The van der Waals surface area contributed by atoms with E-state index in [2.05, 4.69) is 36.9 Å². The number of amides is 1. The molecule has 1 amide bonds. The van der Waals surface area contributed by atoms with Crippen LogP contribution < -0.4 is 0 Å². The van der Waals surface area contributed by atoms with Gasteiger partial charge in [-0.1, -0.05) is 43.8 Å². The summed E-state index contributed by atoms with van der Waals surface area (Å²) in [5, 5.41) is 0. The van der Waals surface area contributed by atoms with Crippen LogP contribution in [0.2, 0.25) is 0 Å². The third-order valence-electron chi connectivity index (χ3n) is 5.92. The minimum atomic E-state index is -0.180. The van der Waals surface area contributed by atoms with E-state index in [0.717, 1.165) is 37.5 Å². The van der Waals surface area contributed by atoms with E-state index >= 15 is 0 Å². The van der Waals surface area contributed by atoms with Crippen LogP contribution in [-0.4, -0.2) is 41.9 Å². The molecule has 5 heteroatoms. The number of carbonyl (C=O) groups is 1. The van der Waals surface area contributed by atoms with Crippen LogP contribution in [0.4, 0.5) is 4.39 Å². The fourth-order valence-electron chi connectivity index (χ4n) is 4.18. The summed E-state index contributed by atoms with van der Waals surface area (Å²) in [4.78, 5) is 18.4. The summed E-state index contributed by atoms with van der Waals surface area (Å²) in [6.07, 6.45) is 0.872. The average Bonchev–Trinajstić information content (AvgIpc) is 2.83. The predicted octanol–water partition coefficient (Wildman–Crippen LogP) is 4.86. The molecule has 2 aromatic rings. The van der Waals surface area contributed by atoms with Gasteiger partial charge in [-0.2, -0.15) is 0 Å². The van der Waals surface area contributed by atoms with Gasteiger partial charge < -0.3 is 4.90 Å². The number of piperazine rings is 1. The maximum Gasteiger partial charge on any atom is 0.219 e. The molecule has 4 rings (SSSR count). The molecule has 1 unspecified atom stereocenters. The molecular weight excluding hydrogens is 371 g/mol. The molecular formula is C23H27FN2OS. The fourth-order valence-corrected chi connectivity index (χ4v) is 5.32. The topological polar surface area (TPSA) is 23.6 Å². The van der Waals surface area contributed by atoms with Crippen LogP contribution in [-0.2, 0) is 11.2 Å². The lowest BCUT2D eigenvalue weighted by Crippen LogP contribution is -2.49. The Morgan fingerprint density at radius 1 is 1.07 bits per heavy atom. The van der Waals surface area contributed by atoms with Gasteiger partial charge in [0.25, 0.3) is 0 Å². The van der Waals surface area contributed by atoms with E-state index < -0.39 is 0 Å². The Morgan fingerprint density at radius 3 is 2.50 bits per heavy atom. The molecule has 2 aromatic carbocycles. The minimum Gasteiger partial charge on any atom is -0.340 e. The highest BCUT2D eigenvalue weighted by molar-refractivity contribution is 7.99. The molecule has 1 saturated heterocycles. The van der Waals surface area contributed by atoms with Crippen molar-refractivity contribution in [3.63, 3.8) is 0 Å². The molecule has 0 aliphatic carbocycles. The highest BCUT2D eigenvalue weighted by Crippen LogP contribution is 2.44. The lowest BCUT2D eigenvalue weighted by molar-refractivity contribution is -0.130. The molecule has 0 radical (unpaired) electrons. The standard InChI is InChI=1S/C23H27FN2OS/c1-15(2)17-5-7-22-20(12-17)21(26-10-8-25(9-11-26)16(3)27)13-18-4-6-19(24)14-23(18)28-22/h4-7,12,14-15,21H,8-11,13H2,1-3H3. The number of fused-ring (bicyclic) bond motifs is 2. The van der Waals surface area contributed by atoms with Crippen LogP contribution in [0.15, 0.2) is 46.2 Å². The Kier molecular flexibility index (Phi) is 5.48. The largest absolute Gasteiger partial charge is 0.340 e. The van der Waals surface area contributed by atoms with Crippen LogP contribution in [0.25, 0.3) is 0 Å². The third kappa shape index (κ3) is 3.83. The van der Waals surface area contributed by atoms with Gasteiger partial charge in [0.1, 0.15) is 5.82 Å². The third-order valence-corrected chi connectivity index (χ3v) is 7.11. The predicted molar refractivity (Wildman–Crippen MR) is 111 cm³/mol. The van der Waals surface area contributed by atoms with E-state index in [1.807, 2.05) is 11.0 Å². The van der Waals surface area contributed by atoms with E-state index in [9.17, 15) is 9.18 Å². The number of hydrogen-bond donors (Lipinski definition) is 0. The molecule has 0 bridgehead atoms. The van der Waals surface area contributed by atoms with Gasteiger partial charge in [0.05, 0.1) is 0 Å². The molecule has 1 fully saturated rings. The van der Waals surface area contributed by atoms with Crippen molar-refractivity contribution >= 4 is 17.7 Å². The number of carbonyl (C=O) groups excluding carboxylic acids is 1. The first-order chi connectivity index (χ1) is 13.4. The average molecular weight is 399 g/mol. The first-order valence-electron chi connectivity index (χ1n) is 10.0. The summed E-state index contributed by atoms with van der Waals surface area (Å²) >= 11 is 1.68. The molecule has 0 saturated carbocycles. The first-order valence-corrected chi connectivity index (χ1v) is 10.8. The second-order valence-electron chi connectivity index (χ2n) is 8.07. The Morgan fingerprint density at radius 2 is 1.82 bits per heavy atom. The van der Waals surface area contributed by atoms with Gasteiger partial charge in [-0.05, 0) is 47.2 Å². The summed E-state index contributed by atoms with van der Waals surface area (Å²) in [7, 11) is 0. The first kappa shape index (κ1) is 19.5. The van der Waals surface area contributed by atoms with Crippen molar-refractivity contribution < 1.29 is 9.18 Å². The Labute approximate surface area is 170 Å². The monoisotopic (exact) mass is 398 g/mol. The Balaban J connectivity index is 1.72. The van der Waals surface area contributed by atoms with Crippen LogP contribution in [0, 0.1) is 5.82 Å². The highest BCUT2D eigenvalue weighted by atomic mass is 32.2. The zero-order chi connectivity index (χ0) is 19.8. The van der Waals surface area contributed by atoms with Gasteiger partial charge in [-0.25, -0.2) is 4.39 Å². The lowest BCUT2D eigenvalue weighted by Gasteiger charge is -2.39. The van der Waals surface area contributed by atoms with E-state index in [0.29, 0.717) is 5.92 Å². The van der Waals surface area contributed by atoms with Crippen molar-refractivity contribution in [3.05, 3.63) is 58.9 Å². The van der Waals surface area contributed by atoms with Gasteiger partial charge in [-0.15, -0.1) is 0 Å². The van der Waals surface area contributed by atoms with Gasteiger partial charge in [-0.3, -0.25) is 9.69 Å². The van der Waals surface area contributed by atoms with E-state index in [1.54, 1.807) is 30.8 Å². The Bertz CT molecular complexity index is 890.